The fraction of sp³-hybridized carbons (Fsp3) is 0.217. The number of rotatable bonds is 5. The van der Waals surface area contributed by atoms with Crippen LogP contribution in [0.4, 0.5) is 0 Å². The number of carbonyl (C=O) groups is 2. The smallest absolute Gasteiger partial charge is 0.161 e. The number of hydrogen-bond donors (Lipinski definition) is 0. The lowest BCUT2D eigenvalue weighted by molar-refractivity contribution is -0.116. The van der Waals surface area contributed by atoms with Crippen LogP contribution in [0.2, 0.25) is 0 Å². The second-order valence-electron chi connectivity index (χ2n) is 6.90. The molecule has 3 nitrogen and oxygen atoms in total. The maximum absolute atomic E-state index is 12.5. The minimum absolute atomic E-state index is 0.0204. The van der Waals surface area contributed by atoms with Crippen molar-refractivity contribution in [1.29, 1.82) is 0 Å². The summed E-state index contributed by atoms with van der Waals surface area (Å²) in [4.78, 5) is 24.5. The zero-order valence-corrected chi connectivity index (χ0v) is 17.6. The standard InChI is InChI=1S/C23H22BrNO2/c1-14-5-11-20(12-6-14)25-16(3)22(17(4)27)21(13-15(2)26)23(25)18-7-9-19(24)10-8-18/h5-12H,13H2,1-4H3. The van der Waals surface area contributed by atoms with Gasteiger partial charge in [0.2, 0.25) is 0 Å². The van der Waals surface area contributed by atoms with Crippen molar-refractivity contribution >= 4 is 27.5 Å². The van der Waals surface area contributed by atoms with Crippen LogP contribution < -0.4 is 0 Å². The number of hydrogen-bond acceptors (Lipinski definition) is 2. The van der Waals surface area contributed by atoms with E-state index in [2.05, 4.69) is 32.6 Å². The van der Waals surface area contributed by atoms with Gasteiger partial charge in [0.05, 0.1) is 5.69 Å². The Morgan fingerprint density at radius 1 is 0.926 bits per heavy atom. The highest BCUT2D eigenvalue weighted by Gasteiger charge is 2.25. The first kappa shape index (κ1) is 19.3. The Bertz CT molecular complexity index is 1010. The van der Waals surface area contributed by atoms with Crippen molar-refractivity contribution in [1.82, 2.24) is 4.57 Å². The number of carbonyl (C=O) groups excluding carboxylic acids is 2. The van der Waals surface area contributed by atoms with E-state index < -0.39 is 0 Å². The Balaban J connectivity index is 2.40. The molecule has 1 aromatic heterocycles. The minimum Gasteiger partial charge on any atom is -0.313 e. The number of aryl methyl sites for hydroxylation is 1. The van der Waals surface area contributed by atoms with Gasteiger partial charge in [0, 0.05) is 27.8 Å². The van der Waals surface area contributed by atoms with Crippen LogP contribution in [0.1, 0.15) is 41.0 Å². The first-order valence-corrected chi connectivity index (χ1v) is 9.66. The molecule has 0 spiro atoms. The topological polar surface area (TPSA) is 39.1 Å². The van der Waals surface area contributed by atoms with E-state index in [9.17, 15) is 9.59 Å². The molecule has 0 fully saturated rings. The van der Waals surface area contributed by atoms with Crippen LogP contribution in [0.5, 0.6) is 0 Å². The minimum atomic E-state index is -0.0204. The van der Waals surface area contributed by atoms with E-state index in [1.165, 1.54) is 5.56 Å². The summed E-state index contributed by atoms with van der Waals surface area (Å²) in [7, 11) is 0. The summed E-state index contributed by atoms with van der Waals surface area (Å²) in [6.45, 7) is 7.12. The molecule has 0 radical (unpaired) electrons. The van der Waals surface area contributed by atoms with Crippen LogP contribution in [-0.2, 0) is 11.2 Å². The van der Waals surface area contributed by atoms with Crippen molar-refractivity contribution in [2.45, 2.75) is 34.1 Å². The largest absolute Gasteiger partial charge is 0.313 e. The Hall–Kier alpha value is -2.46. The van der Waals surface area contributed by atoms with E-state index in [0.717, 1.165) is 32.7 Å². The third kappa shape index (κ3) is 3.81. The summed E-state index contributed by atoms with van der Waals surface area (Å²) in [5.74, 6) is 0.0184. The Labute approximate surface area is 168 Å². The third-order valence-corrected chi connectivity index (χ3v) is 5.22. The molecule has 0 aliphatic heterocycles. The van der Waals surface area contributed by atoms with E-state index in [1.807, 2.05) is 50.2 Å². The lowest BCUT2D eigenvalue weighted by Gasteiger charge is -2.14. The van der Waals surface area contributed by atoms with Crippen molar-refractivity contribution in [3.63, 3.8) is 0 Å². The molecule has 3 rings (SSSR count). The second kappa shape index (κ2) is 7.65. The van der Waals surface area contributed by atoms with Gasteiger partial charge in [-0.15, -0.1) is 0 Å². The van der Waals surface area contributed by atoms with Crippen LogP contribution in [-0.4, -0.2) is 16.1 Å². The second-order valence-corrected chi connectivity index (χ2v) is 7.82. The number of nitrogens with zero attached hydrogens (tertiary/aromatic N) is 1. The van der Waals surface area contributed by atoms with Crippen LogP contribution in [0, 0.1) is 13.8 Å². The van der Waals surface area contributed by atoms with Gasteiger partial charge in [0.15, 0.2) is 5.78 Å². The van der Waals surface area contributed by atoms with Gasteiger partial charge in [0.1, 0.15) is 5.78 Å². The van der Waals surface area contributed by atoms with Gasteiger partial charge in [0.25, 0.3) is 0 Å². The highest BCUT2D eigenvalue weighted by atomic mass is 79.9. The highest BCUT2D eigenvalue weighted by Crippen LogP contribution is 2.36. The molecule has 0 aliphatic rings. The van der Waals surface area contributed by atoms with E-state index >= 15 is 0 Å². The van der Waals surface area contributed by atoms with E-state index in [1.54, 1.807) is 13.8 Å². The summed E-state index contributed by atoms with van der Waals surface area (Å²) >= 11 is 3.48. The molecule has 3 aromatic rings. The number of ketones is 2. The Morgan fingerprint density at radius 2 is 1.52 bits per heavy atom. The van der Waals surface area contributed by atoms with Crippen LogP contribution in [0.15, 0.2) is 53.0 Å². The molecule has 138 valence electrons. The van der Waals surface area contributed by atoms with Crippen molar-refractivity contribution < 1.29 is 9.59 Å². The summed E-state index contributed by atoms with van der Waals surface area (Å²) in [6, 6.07) is 16.2. The predicted octanol–water partition coefficient (Wildman–Crippen LogP) is 5.86. The molecule has 27 heavy (non-hydrogen) atoms. The highest BCUT2D eigenvalue weighted by molar-refractivity contribution is 9.10. The van der Waals surface area contributed by atoms with E-state index in [-0.39, 0.29) is 18.0 Å². The number of Topliss-reactive ketones (excluding diaryl/α,β-unsaturated/α-hetero) is 2. The zero-order valence-electron chi connectivity index (χ0n) is 16.0. The number of benzene rings is 2. The maximum Gasteiger partial charge on any atom is 0.161 e. The molecule has 0 saturated heterocycles. The van der Waals surface area contributed by atoms with Crippen molar-refractivity contribution in [3.8, 4) is 16.9 Å². The van der Waals surface area contributed by atoms with Crippen molar-refractivity contribution in [2.75, 3.05) is 0 Å². The monoisotopic (exact) mass is 423 g/mol. The number of halogens is 1. The molecule has 0 saturated carbocycles. The molecular weight excluding hydrogens is 402 g/mol. The summed E-state index contributed by atoms with van der Waals surface area (Å²) < 4.78 is 3.08. The fourth-order valence-electron chi connectivity index (χ4n) is 3.57. The first-order valence-electron chi connectivity index (χ1n) is 8.87. The van der Waals surface area contributed by atoms with Gasteiger partial charge in [-0.25, -0.2) is 0 Å². The summed E-state index contributed by atoms with van der Waals surface area (Å²) in [5, 5.41) is 0. The van der Waals surface area contributed by atoms with Gasteiger partial charge in [-0.3, -0.25) is 9.59 Å². The quantitative estimate of drug-likeness (QED) is 0.482. The maximum atomic E-state index is 12.5. The Morgan fingerprint density at radius 3 is 2.04 bits per heavy atom. The first-order chi connectivity index (χ1) is 12.8. The van der Waals surface area contributed by atoms with E-state index in [0.29, 0.717) is 5.56 Å². The molecule has 0 bridgehead atoms. The summed E-state index contributed by atoms with van der Waals surface area (Å²) in [5.41, 5.74) is 6.34. The van der Waals surface area contributed by atoms with Crippen molar-refractivity contribution in [3.05, 3.63) is 75.4 Å². The van der Waals surface area contributed by atoms with Gasteiger partial charge in [-0.05, 0) is 63.1 Å². The lowest BCUT2D eigenvalue weighted by atomic mass is 9.97. The zero-order chi connectivity index (χ0) is 19.7. The molecule has 0 amide bonds. The van der Waals surface area contributed by atoms with Crippen LogP contribution in [0.3, 0.4) is 0 Å². The van der Waals surface area contributed by atoms with Gasteiger partial charge in [-0.1, -0.05) is 45.8 Å². The summed E-state index contributed by atoms with van der Waals surface area (Å²) in [6.07, 6.45) is 0.236. The van der Waals surface area contributed by atoms with Crippen LogP contribution >= 0.6 is 15.9 Å². The third-order valence-electron chi connectivity index (χ3n) is 4.70. The predicted molar refractivity (Wildman–Crippen MR) is 113 cm³/mol. The lowest BCUT2D eigenvalue weighted by Crippen LogP contribution is -2.04. The average Bonchev–Trinajstić information content (AvgIpc) is 2.88. The fourth-order valence-corrected chi connectivity index (χ4v) is 3.83. The molecule has 0 atom stereocenters. The molecular formula is C23H22BrNO2. The van der Waals surface area contributed by atoms with Crippen molar-refractivity contribution in [2.24, 2.45) is 0 Å². The van der Waals surface area contributed by atoms with Gasteiger partial charge < -0.3 is 4.57 Å². The van der Waals surface area contributed by atoms with Crippen LogP contribution in [0.25, 0.3) is 16.9 Å². The van der Waals surface area contributed by atoms with Gasteiger partial charge >= 0.3 is 0 Å². The van der Waals surface area contributed by atoms with E-state index in [4.69, 9.17) is 0 Å². The molecule has 1 heterocycles. The van der Waals surface area contributed by atoms with Gasteiger partial charge in [-0.2, -0.15) is 0 Å². The SMILES string of the molecule is CC(=O)Cc1c(C(C)=O)c(C)n(-c2ccc(C)cc2)c1-c1ccc(Br)cc1. The normalized spacial score (nSPS) is 10.9. The number of aromatic nitrogens is 1. The Kier molecular flexibility index (Phi) is 5.47. The molecule has 0 N–H and O–H groups in total. The molecule has 0 unspecified atom stereocenters. The molecule has 4 heteroatoms. The molecule has 0 aliphatic carbocycles. The average molecular weight is 424 g/mol. The molecule has 2 aromatic carbocycles.